The number of phenols is 1. The predicted molar refractivity (Wildman–Crippen MR) is 70.0 cm³/mol. The number of guanidine groups is 2. The Labute approximate surface area is 113 Å². The highest BCUT2D eigenvalue weighted by Crippen LogP contribution is 2.36. The molecule has 0 bridgehead atoms. The molecule has 0 radical (unpaired) electrons. The number of halogens is 1. The maximum Gasteiger partial charge on any atom is 0.298 e. The maximum atomic E-state index is 11.0. The lowest BCUT2D eigenvalue weighted by molar-refractivity contribution is 0.444. The van der Waals surface area contributed by atoms with E-state index in [2.05, 4.69) is 9.98 Å². The third kappa shape index (κ3) is 3.98. The lowest BCUT2D eigenvalue weighted by atomic mass is 10.3. The van der Waals surface area contributed by atoms with E-state index in [1.807, 2.05) is 0 Å². The molecule has 19 heavy (non-hydrogen) atoms. The molecular weight excluding hydrogens is 298 g/mol. The van der Waals surface area contributed by atoms with Gasteiger partial charge in [-0.05, 0) is 12.1 Å². The highest BCUT2D eigenvalue weighted by molar-refractivity contribution is 7.86. The van der Waals surface area contributed by atoms with Crippen molar-refractivity contribution in [1.29, 1.82) is 0 Å². The van der Waals surface area contributed by atoms with Crippen molar-refractivity contribution in [2.45, 2.75) is 4.90 Å². The Balaban J connectivity index is 3.47. The summed E-state index contributed by atoms with van der Waals surface area (Å²) in [7, 11) is -4.67. The molecule has 0 heterocycles. The van der Waals surface area contributed by atoms with Crippen LogP contribution in [-0.2, 0) is 10.1 Å². The molecule has 0 fully saturated rings. The van der Waals surface area contributed by atoms with Crippen molar-refractivity contribution >= 4 is 39.3 Å². The van der Waals surface area contributed by atoms with Gasteiger partial charge in [0.2, 0.25) is 5.96 Å². The smallest absolute Gasteiger partial charge is 0.298 e. The quantitative estimate of drug-likeness (QED) is 0.278. The summed E-state index contributed by atoms with van der Waals surface area (Å²) in [6.07, 6.45) is 0. The zero-order valence-corrected chi connectivity index (χ0v) is 10.9. The van der Waals surface area contributed by atoms with Crippen molar-refractivity contribution in [3.8, 4) is 5.75 Å². The van der Waals surface area contributed by atoms with E-state index >= 15 is 0 Å². The molecule has 0 spiro atoms. The third-order valence-corrected chi connectivity index (χ3v) is 2.86. The zero-order valence-electron chi connectivity index (χ0n) is 9.28. The van der Waals surface area contributed by atoms with Crippen LogP contribution in [0.15, 0.2) is 27.0 Å². The van der Waals surface area contributed by atoms with Crippen LogP contribution in [0, 0.1) is 0 Å². The third-order valence-electron chi connectivity index (χ3n) is 1.78. The van der Waals surface area contributed by atoms with Crippen molar-refractivity contribution in [1.82, 2.24) is 0 Å². The van der Waals surface area contributed by atoms with Gasteiger partial charge in [-0.2, -0.15) is 13.4 Å². The van der Waals surface area contributed by atoms with Crippen molar-refractivity contribution in [2.75, 3.05) is 0 Å². The maximum absolute atomic E-state index is 11.0. The van der Waals surface area contributed by atoms with Crippen molar-refractivity contribution in [2.24, 2.45) is 27.2 Å². The van der Waals surface area contributed by atoms with Crippen LogP contribution in [0.2, 0.25) is 5.02 Å². The van der Waals surface area contributed by atoms with Gasteiger partial charge in [0.25, 0.3) is 10.1 Å². The average molecular weight is 308 g/mol. The minimum Gasteiger partial charge on any atom is -0.504 e. The van der Waals surface area contributed by atoms with Gasteiger partial charge in [-0.3, -0.25) is 4.55 Å². The van der Waals surface area contributed by atoms with E-state index in [0.717, 1.165) is 12.1 Å². The van der Waals surface area contributed by atoms with Gasteiger partial charge in [0.15, 0.2) is 11.7 Å². The number of rotatable bonds is 2. The Morgan fingerprint density at radius 2 is 1.84 bits per heavy atom. The molecule has 0 unspecified atom stereocenters. The number of aliphatic imine (C=N–C) groups is 2. The molecule has 1 aromatic rings. The molecule has 0 aliphatic carbocycles. The predicted octanol–water partition coefficient (Wildman–Crippen LogP) is -0.488. The van der Waals surface area contributed by atoms with Gasteiger partial charge in [-0.25, -0.2) is 4.99 Å². The van der Waals surface area contributed by atoms with E-state index in [-0.39, 0.29) is 16.7 Å². The first-order valence-electron chi connectivity index (χ1n) is 4.55. The lowest BCUT2D eigenvalue weighted by Gasteiger charge is -2.05. The fourth-order valence-electron chi connectivity index (χ4n) is 1.12. The van der Waals surface area contributed by atoms with Gasteiger partial charge in [-0.1, -0.05) is 11.6 Å². The zero-order chi connectivity index (χ0) is 14.8. The summed E-state index contributed by atoms with van der Waals surface area (Å²) in [6.45, 7) is 0. The molecule has 1 aromatic carbocycles. The standard InChI is InChI=1S/C8H10ClN5O4S/c9-3-1-4(13-8(12)14-7(10)11)6(15)5(2-3)19(16,17)18/h1-2,15H,(H,16,17,18)(H6,10,11,12,13,14). The van der Waals surface area contributed by atoms with Crippen LogP contribution < -0.4 is 17.2 Å². The van der Waals surface area contributed by atoms with E-state index in [1.165, 1.54) is 0 Å². The van der Waals surface area contributed by atoms with Crippen LogP contribution in [0.1, 0.15) is 0 Å². The Kier molecular flexibility index (Phi) is 4.19. The number of hydrogen-bond donors (Lipinski definition) is 5. The van der Waals surface area contributed by atoms with Gasteiger partial charge < -0.3 is 22.3 Å². The summed E-state index contributed by atoms with van der Waals surface area (Å²) in [6, 6.07) is 1.96. The fourth-order valence-corrected chi connectivity index (χ4v) is 2.02. The second-order valence-electron chi connectivity index (χ2n) is 3.25. The highest BCUT2D eigenvalue weighted by Gasteiger charge is 2.19. The lowest BCUT2D eigenvalue weighted by Crippen LogP contribution is -2.26. The van der Waals surface area contributed by atoms with Gasteiger partial charge in [-0.15, -0.1) is 0 Å². The Hall–Kier alpha value is -2.04. The molecule has 9 nitrogen and oxygen atoms in total. The SMILES string of the molecule is NC(N)=NC(N)=Nc1cc(Cl)cc(S(=O)(=O)O)c1O. The number of nitrogens with zero attached hydrogens (tertiary/aromatic N) is 2. The van der Waals surface area contributed by atoms with Crippen LogP contribution in [0.5, 0.6) is 5.75 Å². The first-order valence-corrected chi connectivity index (χ1v) is 6.37. The molecule has 0 amide bonds. The summed E-state index contributed by atoms with van der Waals surface area (Å²) in [4.78, 5) is 6.13. The van der Waals surface area contributed by atoms with Crippen LogP contribution in [-0.4, -0.2) is 30.0 Å². The number of benzene rings is 1. The largest absolute Gasteiger partial charge is 0.504 e. The first-order chi connectivity index (χ1) is 8.61. The average Bonchev–Trinajstić information content (AvgIpc) is 2.19. The number of nitrogens with two attached hydrogens (primary N) is 3. The Morgan fingerprint density at radius 3 is 2.32 bits per heavy atom. The van der Waals surface area contributed by atoms with Gasteiger partial charge in [0.1, 0.15) is 10.6 Å². The molecule has 8 N–H and O–H groups in total. The number of aromatic hydroxyl groups is 1. The molecule has 0 aromatic heterocycles. The second kappa shape index (κ2) is 5.30. The van der Waals surface area contributed by atoms with E-state index < -0.39 is 26.7 Å². The molecule has 1 rings (SSSR count). The van der Waals surface area contributed by atoms with Crippen LogP contribution in [0.3, 0.4) is 0 Å². The topological polar surface area (TPSA) is 177 Å². The molecule has 104 valence electrons. The Bertz CT molecular complexity index is 666. The minimum atomic E-state index is -4.67. The van der Waals surface area contributed by atoms with Crippen LogP contribution >= 0.6 is 11.6 Å². The summed E-state index contributed by atoms with van der Waals surface area (Å²) >= 11 is 5.64. The van der Waals surface area contributed by atoms with Gasteiger partial charge >= 0.3 is 0 Å². The van der Waals surface area contributed by atoms with E-state index in [0.29, 0.717) is 0 Å². The van der Waals surface area contributed by atoms with Crippen LogP contribution in [0.25, 0.3) is 0 Å². The second-order valence-corrected chi connectivity index (χ2v) is 5.08. The van der Waals surface area contributed by atoms with E-state index in [9.17, 15) is 13.5 Å². The number of phenolic OH excluding ortho intramolecular Hbond substituents is 1. The molecule has 0 saturated heterocycles. The van der Waals surface area contributed by atoms with Crippen LogP contribution in [0.4, 0.5) is 5.69 Å². The minimum absolute atomic E-state index is 0.0957. The van der Waals surface area contributed by atoms with Crippen molar-refractivity contribution < 1.29 is 18.1 Å². The van der Waals surface area contributed by atoms with Crippen molar-refractivity contribution in [3.05, 3.63) is 17.2 Å². The van der Waals surface area contributed by atoms with Gasteiger partial charge in [0, 0.05) is 5.02 Å². The molecular formula is C8H10ClN5O4S. The van der Waals surface area contributed by atoms with E-state index in [4.69, 9.17) is 33.4 Å². The summed E-state index contributed by atoms with van der Waals surface area (Å²) < 4.78 is 30.9. The summed E-state index contributed by atoms with van der Waals surface area (Å²) in [5.41, 5.74) is 15.1. The number of hydrogen-bond acceptors (Lipinski definition) is 4. The fraction of sp³-hybridized carbons (Fsp3) is 0. The normalized spacial score (nSPS) is 12.2. The van der Waals surface area contributed by atoms with E-state index in [1.54, 1.807) is 0 Å². The first kappa shape index (κ1) is 15.0. The highest BCUT2D eigenvalue weighted by atomic mass is 35.5. The van der Waals surface area contributed by atoms with Crippen molar-refractivity contribution in [3.63, 3.8) is 0 Å². The molecule has 11 heteroatoms. The summed E-state index contributed by atoms with van der Waals surface area (Å²) in [5.74, 6) is -1.64. The molecule has 0 aliphatic heterocycles. The van der Waals surface area contributed by atoms with Gasteiger partial charge in [0.05, 0.1) is 0 Å². The molecule has 0 atom stereocenters. The summed E-state index contributed by atoms with van der Waals surface area (Å²) in [5, 5.41) is 9.56. The monoisotopic (exact) mass is 307 g/mol. The molecule has 0 saturated carbocycles. The molecule has 0 aliphatic rings. The Morgan fingerprint density at radius 1 is 1.26 bits per heavy atom.